The predicted octanol–water partition coefficient (Wildman–Crippen LogP) is 4.26. The summed E-state index contributed by atoms with van der Waals surface area (Å²) in [6.45, 7) is 3.36. The number of hydrogen-bond acceptors (Lipinski definition) is 2. The second-order valence-corrected chi connectivity index (χ2v) is 5.79. The van der Waals surface area contributed by atoms with Gasteiger partial charge in [-0.3, -0.25) is 9.48 Å². The molecule has 10 heteroatoms. The first-order valence-electron chi connectivity index (χ1n) is 7.37. The van der Waals surface area contributed by atoms with Crippen LogP contribution in [0.1, 0.15) is 28.1 Å². The third-order valence-corrected chi connectivity index (χ3v) is 3.87. The number of anilines is 1. The van der Waals surface area contributed by atoms with Crippen LogP contribution in [0.3, 0.4) is 0 Å². The summed E-state index contributed by atoms with van der Waals surface area (Å²) >= 11 is 0. The summed E-state index contributed by atoms with van der Waals surface area (Å²) in [6, 6.07) is 0.942. The Labute approximate surface area is 144 Å². The molecule has 1 heterocycles. The predicted molar refractivity (Wildman–Crippen MR) is 81.5 cm³/mol. The summed E-state index contributed by atoms with van der Waals surface area (Å²) in [6.07, 6.45) is -10.2. The van der Waals surface area contributed by atoms with Crippen LogP contribution in [0.2, 0.25) is 0 Å². The molecular formula is C16H15F6N3O. The number of nitrogens with one attached hydrogen (secondary N) is 1. The van der Waals surface area contributed by atoms with Crippen LogP contribution >= 0.6 is 0 Å². The zero-order valence-electron chi connectivity index (χ0n) is 14.0. The maximum Gasteiger partial charge on any atom is 0.416 e. The van der Waals surface area contributed by atoms with Crippen molar-refractivity contribution in [3.63, 3.8) is 0 Å². The van der Waals surface area contributed by atoms with E-state index in [0.717, 1.165) is 0 Å². The molecule has 0 bridgehead atoms. The van der Waals surface area contributed by atoms with Crippen molar-refractivity contribution < 1.29 is 31.1 Å². The largest absolute Gasteiger partial charge is 0.416 e. The molecule has 2 aromatic rings. The summed E-state index contributed by atoms with van der Waals surface area (Å²) in [5.41, 5.74) is -1.75. The van der Waals surface area contributed by atoms with Crippen LogP contribution in [0, 0.1) is 13.8 Å². The Morgan fingerprint density at radius 2 is 1.54 bits per heavy atom. The van der Waals surface area contributed by atoms with Crippen LogP contribution in [0.5, 0.6) is 0 Å². The quantitative estimate of drug-likeness (QED) is 0.811. The number of nitrogens with zero attached hydrogens (tertiary/aromatic N) is 2. The lowest BCUT2D eigenvalue weighted by Gasteiger charge is -2.15. The van der Waals surface area contributed by atoms with Crippen molar-refractivity contribution in [1.82, 2.24) is 9.78 Å². The molecule has 0 aliphatic rings. The number of aryl methyl sites for hydroxylation is 2. The molecule has 2 rings (SSSR count). The van der Waals surface area contributed by atoms with Crippen LogP contribution in [-0.2, 0) is 30.6 Å². The fourth-order valence-corrected chi connectivity index (χ4v) is 2.47. The Morgan fingerprint density at radius 3 is 1.92 bits per heavy atom. The van der Waals surface area contributed by atoms with Gasteiger partial charge in [-0.1, -0.05) is 0 Å². The molecule has 26 heavy (non-hydrogen) atoms. The average Bonchev–Trinajstić information content (AvgIpc) is 2.71. The van der Waals surface area contributed by atoms with Crippen molar-refractivity contribution in [2.24, 2.45) is 7.05 Å². The third-order valence-electron chi connectivity index (χ3n) is 3.87. The van der Waals surface area contributed by atoms with Gasteiger partial charge in [0.1, 0.15) is 0 Å². The van der Waals surface area contributed by atoms with E-state index < -0.39 is 35.1 Å². The molecule has 142 valence electrons. The zero-order chi connectivity index (χ0) is 19.9. The highest BCUT2D eigenvalue weighted by molar-refractivity contribution is 5.92. The van der Waals surface area contributed by atoms with Gasteiger partial charge in [-0.25, -0.2) is 0 Å². The van der Waals surface area contributed by atoms with E-state index in [1.807, 2.05) is 0 Å². The van der Waals surface area contributed by atoms with Gasteiger partial charge in [0.2, 0.25) is 5.91 Å². The van der Waals surface area contributed by atoms with Gasteiger partial charge in [0.15, 0.2) is 0 Å². The van der Waals surface area contributed by atoms with Crippen LogP contribution in [0.15, 0.2) is 18.2 Å². The Balaban J connectivity index is 2.32. The van der Waals surface area contributed by atoms with E-state index in [0.29, 0.717) is 29.1 Å². The monoisotopic (exact) mass is 379 g/mol. The fourth-order valence-electron chi connectivity index (χ4n) is 2.47. The second kappa shape index (κ2) is 6.65. The summed E-state index contributed by atoms with van der Waals surface area (Å²) < 4.78 is 78.6. The number of carbonyl (C=O) groups is 1. The van der Waals surface area contributed by atoms with Crippen LogP contribution < -0.4 is 5.32 Å². The smallest absolute Gasteiger partial charge is 0.326 e. The average molecular weight is 379 g/mol. The van der Waals surface area contributed by atoms with E-state index in [-0.39, 0.29) is 12.5 Å². The second-order valence-electron chi connectivity index (χ2n) is 5.79. The molecule has 0 atom stereocenters. The van der Waals surface area contributed by atoms with Crippen molar-refractivity contribution in [3.8, 4) is 0 Å². The Bertz CT molecular complexity index is 803. The van der Waals surface area contributed by atoms with Gasteiger partial charge in [-0.15, -0.1) is 0 Å². The number of benzene rings is 1. The molecule has 4 nitrogen and oxygen atoms in total. The first-order valence-corrected chi connectivity index (χ1v) is 7.37. The van der Waals surface area contributed by atoms with Crippen LogP contribution in [0.25, 0.3) is 0 Å². The van der Waals surface area contributed by atoms with E-state index in [1.54, 1.807) is 20.9 Å². The summed E-state index contributed by atoms with van der Waals surface area (Å²) in [7, 11) is 1.66. The molecule has 0 saturated carbocycles. The van der Waals surface area contributed by atoms with Gasteiger partial charge < -0.3 is 5.32 Å². The number of carbonyl (C=O) groups excluding carboxylic acids is 1. The van der Waals surface area contributed by atoms with Crippen molar-refractivity contribution in [2.75, 3.05) is 5.32 Å². The van der Waals surface area contributed by atoms with E-state index in [2.05, 4.69) is 10.4 Å². The molecule has 0 spiro atoms. The highest BCUT2D eigenvalue weighted by atomic mass is 19.4. The topological polar surface area (TPSA) is 46.9 Å². The zero-order valence-corrected chi connectivity index (χ0v) is 14.0. The van der Waals surface area contributed by atoms with Gasteiger partial charge in [-0.05, 0) is 32.0 Å². The highest BCUT2D eigenvalue weighted by Crippen LogP contribution is 2.37. The number of hydrogen-bond donors (Lipinski definition) is 1. The number of aromatic nitrogens is 2. The SMILES string of the molecule is Cc1nn(C)c(C)c1CC(=O)Nc1cc(C(F)(F)F)cc(C(F)(F)F)c1. The van der Waals surface area contributed by atoms with Gasteiger partial charge in [-0.2, -0.15) is 31.4 Å². The minimum absolute atomic E-state index is 0.00503. The lowest BCUT2D eigenvalue weighted by molar-refractivity contribution is -0.143. The number of halogens is 6. The maximum absolute atomic E-state index is 12.8. The van der Waals surface area contributed by atoms with Crippen molar-refractivity contribution >= 4 is 11.6 Å². The van der Waals surface area contributed by atoms with Crippen molar-refractivity contribution in [2.45, 2.75) is 32.6 Å². The van der Waals surface area contributed by atoms with E-state index in [1.165, 1.54) is 4.68 Å². The number of alkyl halides is 6. The standard InChI is InChI=1S/C16H15F6N3O/c1-8-13(9(2)25(3)24-8)7-14(26)23-12-5-10(15(17,18)19)4-11(6-12)16(20,21)22/h4-6H,7H2,1-3H3,(H,23,26). The minimum Gasteiger partial charge on any atom is -0.326 e. The Morgan fingerprint density at radius 1 is 1.04 bits per heavy atom. The van der Waals surface area contributed by atoms with Gasteiger partial charge in [0, 0.05) is 24.0 Å². The number of amides is 1. The van der Waals surface area contributed by atoms with Crippen LogP contribution in [0.4, 0.5) is 32.0 Å². The first kappa shape index (κ1) is 19.8. The Hall–Kier alpha value is -2.52. The van der Waals surface area contributed by atoms with Crippen LogP contribution in [-0.4, -0.2) is 15.7 Å². The molecule has 1 amide bonds. The Kier molecular flexibility index (Phi) is 5.07. The summed E-state index contributed by atoms with van der Waals surface area (Å²) in [5.74, 6) is -0.739. The van der Waals surface area contributed by atoms with Gasteiger partial charge in [0.25, 0.3) is 0 Å². The first-order chi connectivity index (χ1) is 11.8. The molecule has 1 aromatic carbocycles. The van der Waals surface area contributed by atoms with Gasteiger partial charge >= 0.3 is 12.4 Å². The lowest BCUT2D eigenvalue weighted by Crippen LogP contribution is -2.18. The molecule has 0 unspecified atom stereocenters. The molecule has 0 radical (unpaired) electrons. The molecule has 1 N–H and O–H groups in total. The normalized spacial score (nSPS) is 12.3. The molecule has 1 aromatic heterocycles. The van der Waals surface area contributed by atoms with Crippen molar-refractivity contribution in [1.29, 1.82) is 0 Å². The molecular weight excluding hydrogens is 364 g/mol. The lowest BCUT2D eigenvalue weighted by atomic mass is 10.1. The summed E-state index contributed by atoms with van der Waals surface area (Å²) in [5, 5.41) is 6.21. The molecule has 0 fully saturated rings. The van der Waals surface area contributed by atoms with E-state index in [4.69, 9.17) is 0 Å². The summed E-state index contributed by atoms with van der Waals surface area (Å²) in [4.78, 5) is 12.1. The fraction of sp³-hybridized carbons (Fsp3) is 0.375. The van der Waals surface area contributed by atoms with Gasteiger partial charge in [0.05, 0.1) is 23.2 Å². The molecule has 0 aliphatic heterocycles. The number of rotatable bonds is 3. The highest BCUT2D eigenvalue weighted by Gasteiger charge is 2.37. The molecule has 0 saturated heterocycles. The minimum atomic E-state index is -4.97. The maximum atomic E-state index is 12.8. The van der Waals surface area contributed by atoms with E-state index in [9.17, 15) is 31.1 Å². The molecule has 0 aliphatic carbocycles. The van der Waals surface area contributed by atoms with Crippen molar-refractivity contribution in [3.05, 3.63) is 46.3 Å². The third kappa shape index (κ3) is 4.36. The van der Waals surface area contributed by atoms with E-state index >= 15 is 0 Å².